The number of aliphatic hydroxyl groups is 2. The molecule has 0 rings (SSSR count). The van der Waals surface area contributed by atoms with Gasteiger partial charge in [-0.15, -0.1) is 0 Å². The Bertz CT molecular complexity index is 142. The van der Waals surface area contributed by atoms with Crippen LogP contribution < -0.4 is 0 Å². The minimum atomic E-state index is -2.27. The summed E-state index contributed by atoms with van der Waals surface area (Å²) in [5.74, 6) is -3.54. The van der Waals surface area contributed by atoms with E-state index in [1.54, 1.807) is 0 Å². The first kappa shape index (κ1) is 19.7. The third kappa shape index (κ3) is 7.53. The van der Waals surface area contributed by atoms with Gasteiger partial charge in [0.2, 0.25) is 0 Å². The average molecular weight is 228 g/mol. The third-order valence-electron chi connectivity index (χ3n) is 0.805. The van der Waals surface area contributed by atoms with E-state index in [1.807, 2.05) is 0 Å². The van der Waals surface area contributed by atoms with Gasteiger partial charge in [0.1, 0.15) is 0 Å². The molecule has 0 aliphatic carbocycles. The van der Waals surface area contributed by atoms with Crippen LogP contribution in [0.1, 0.15) is 0 Å². The van der Waals surface area contributed by atoms with Gasteiger partial charge < -0.3 is 20.4 Å². The zero-order valence-electron chi connectivity index (χ0n) is 6.76. The molecule has 0 aromatic rings. The van der Waals surface area contributed by atoms with Crippen molar-refractivity contribution in [1.29, 1.82) is 0 Å². The number of carboxylic acid groups (broad SMARTS) is 2. The number of aliphatic hydroxyl groups excluding tert-OH is 2. The number of hydrogen-bond donors (Lipinski definition) is 4. The normalized spacial score (nSPS) is 13.2. The summed E-state index contributed by atoms with van der Waals surface area (Å²) >= 11 is 0. The van der Waals surface area contributed by atoms with Gasteiger partial charge in [-0.05, 0) is 0 Å². The molecule has 0 heterocycles. The first-order valence-corrected chi connectivity index (χ1v) is 2.28. The Morgan fingerprint density at radius 3 is 1.08 bits per heavy atom. The minimum Gasteiger partial charge on any atom is -0.479 e. The molecule has 0 aliphatic heterocycles. The van der Waals surface area contributed by atoms with E-state index in [-0.39, 0.29) is 103 Å². The van der Waals surface area contributed by atoms with Crippen molar-refractivity contribution in [3.8, 4) is 0 Å². The monoisotopic (exact) mass is 228 g/mol. The summed E-state index contributed by atoms with van der Waals surface area (Å²) in [6.07, 6.45) is -4.53. The molecule has 0 amide bonds. The first-order valence-electron chi connectivity index (χ1n) is 2.28. The quantitative estimate of drug-likeness (QED) is 0.386. The van der Waals surface area contributed by atoms with Gasteiger partial charge in [0.05, 0.1) is 0 Å². The fraction of sp³-hybridized carbons (Fsp3) is 0.500. The number of rotatable bonds is 3. The van der Waals surface area contributed by atoms with E-state index in [9.17, 15) is 9.59 Å². The van der Waals surface area contributed by atoms with Crippen molar-refractivity contribution in [2.45, 2.75) is 12.2 Å². The summed E-state index contributed by atoms with van der Waals surface area (Å²) in [4.78, 5) is 19.5. The van der Waals surface area contributed by atoms with Crippen LogP contribution in [0.2, 0.25) is 0 Å². The van der Waals surface area contributed by atoms with E-state index in [1.165, 1.54) is 0 Å². The zero-order chi connectivity index (χ0) is 8.31. The Morgan fingerprint density at radius 1 is 0.833 bits per heavy atom. The summed E-state index contributed by atoms with van der Waals surface area (Å²) in [6.45, 7) is 0. The molecule has 4 N–H and O–H groups in total. The van der Waals surface area contributed by atoms with Crippen LogP contribution in [0, 0.1) is 0 Å². The van der Waals surface area contributed by atoms with Gasteiger partial charge in [0.15, 0.2) is 12.2 Å². The van der Waals surface area contributed by atoms with E-state index in [0.29, 0.717) is 0 Å². The standard InChI is InChI=1S/C4H6O6.2K/c5-1(3(7)8)2(6)4(9)10;;/h1-2,5-6H,(H,7,8)(H,9,10);;. The average Bonchev–Trinajstić information content (AvgIpc) is 1.84. The fourth-order valence-corrected chi connectivity index (χ4v) is 0.270. The van der Waals surface area contributed by atoms with Crippen LogP contribution in [0.5, 0.6) is 0 Å². The molecule has 6 nitrogen and oxygen atoms in total. The van der Waals surface area contributed by atoms with Gasteiger partial charge in [-0.3, -0.25) is 0 Å². The Morgan fingerprint density at radius 2 is 1.00 bits per heavy atom. The SMILES string of the molecule is O=C(O)C(O)C(O)C(=O)O.[K].[K]. The molecule has 0 saturated carbocycles. The second kappa shape index (κ2) is 9.68. The molecule has 8 heteroatoms. The molecular formula is C4H6K2O6. The van der Waals surface area contributed by atoms with Gasteiger partial charge in [0, 0.05) is 103 Å². The van der Waals surface area contributed by atoms with E-state index in [4.69, 9.17) is 20.4 Å². The second-order valence-corrected chi connectivity index (χ2v) is 1.57. The maximum Gasteiger partial charge on any atom is 0.335 e. The Labute approximate surface area is 153 Å². The van der Waals surface area contributed by atoms with E-state index in [0.717, 1.165) is 0 Å². The summed E-state index contributed by atoms with van der Waals surface area (Å²) in [5.41, 5.74) is 0. The number of aliphatic carboxylic acids is 2. The predicted octanol–water partition coefficient (Wildman–Crippen LogP) is -2.88. The molecule has 2 unspecified atom stereocenters. The summed E-state index contributed by atoms with van der Waals surface area (Å²) in [5, 5.41) is 32.5. The van der Waals surface area contributed by atoms with E-state index in [2.05, 4.69) is 0 Å². The van der Waals surface area contributed by atoms with Crippen molar-refractivity contribution in [2.75, 3.05) is 0 Å². The largest absolute Gasteiger partial charge is 0.479 e. The molecule has 60 valence electrons. The van der Waals surface area contributed by atoms with Gasteiger partial charge >= 0.3 is 11.9 Å². The van der Waals surface area contributed by atoms with Crippen LogP contribution in [0.4, 0.5) is 0 Å². The van der Waals surface area contributed by atoms with Crippen molar-refractivity contribution >= 4 is 115 Å². The van der Waals surface area contributed by atoms with Crippen LogP contribution >= 0.6 is 0 Å². The zero-order valence-corrected chi connectivity index (χ0v) is 13.0. The number of hydrogen-bond acceptors (Lipinski definition) is 4. The summed E-state index contributed by atoms with van der Waals surface area (Å²) < 4.78 is 0. The fourth-order valence-electron chi connectivity index (χ4n) is 0.270. The molecule has 2 atom stereocenters. The topological polar surface area (TPSA) is 115 Å². The second-order valence-electron chi connectivity index (χ2n) is 1.57. The summed E-state index contributed by atoms with van der Waals surface area (Å²) in [7, 11) is 0. The maximum absolute atomic E-state index is 9.77. The van der Waals surface area contributed by atoms with Gasteiger partial charge in [-0.25, -0.2) is 9.59 Å². The molecule has 0 spiro atoms. The van der Waals surface area contributed by atoms with Crippen molar-refractivity contribution in [3.05, 3.63) is 0 Å². The van der Waals surface area contributed by atoms with Gasteiger partial charge in [-0.1, -0.05) is 0 Å². The molecule has 0 bridgehead atoms. The van der Waals surface area contributed by atoms with Crippen LogP contribution in [0.3, 0.4) is 0 Å². The summed E-state index contributed by atoms with van der Waals surface area (Å²) in [6, 6.07) is 0. The molecule has 0 aliphatic rings. The minimum absolute atomic E-state index is 0. The Balaban J connectivity index is -0.000000405. The van der Waals surface area contributed by atoms with Crippen molar-refractivity contribution in [2.24, 2.45) is 0 Å². The first-order chi connectivity index (χ1) is 4.46. The molecule has 0 aromatic carbocycles. The van der Waals surface area contributed by atoms with E-state index < -0.39 is 24.1 Å². The maximum atomic E-state index is 9.77. The number of carbonyl (C=O) groups is 2. The van der Waals surface area contributed by atoms with Gasteiger partial charge in [0.25, 0.3) is 0 Å². The molecule has 0 aromatic heterocycles. The smallest absolute Gasteiger partial charge is 0.335 e. The van der Waals surface area contributed by atoms with Crippen molar-refractivity contribution in [3.63, 3.8) is 0 Å². The van der Waals surface area contributed by atoms with Crippen LogP contribution in [-0.4, -0.2) is 147 Å². The van der Waals surface area contributed by atoms with Crippen LogP contribution in [0.15, 0.2) is 0 Å². The van der Waals surface area contributed by atoms with Crippen molar-refractivity contribution < 1.29 is 30.0 Å². The van der Waals surface area contributed by atoms with E-state index >= 15 is 0 Å². The van der Waals surface area contributed by atoms with Crippen LogP contribution in [-0.2, 0) is 9.59 Å². The van der Waals surface area contributed by atoms with Crippen molar-refractivity contribution in [1.82, 2.24) is 0 Å². The van der Waals surface area contributed by atoms with Gasteiger partial charge in [-0.2, -0.15) is 0 Å². The molecule has 0 saturated heterocycles. The third-order valence-corrected chi connectivity index (χ3v) is 0.805. The Kier molecular flexibility index (Phi) is 15.9. The van der Waals surface area contributed by atoms with Crippen LogP contribution in [0.25, 0.3) is 0 Å². The Hall–Kier alpha value is 2.13. The number of carboxylic acids is 2. The molecular weight excluding hydrogens is 222 g/mol. The molecule has 0 fully saturated rings. The molecule has 12 heavy (non-hydrogen) atoms. The predicted molar refractivity (Wildman–Crippen MR) is 38.8 cm³/mol. The molecule has 2 radical (unpaired) electrons.